The predicted molar refractivity (Wildman–Crippen MR) is 134 cm³/mol. The molecular formula is C30H47F3O2. The van der Waals surface area contributed by atoms with Gasteiger partial charge in [-0.05, 0) is 85.9 Å². The fourth-order valence-electron chi connectivity index (χ4n) is 8.87. The van der Waals surface area contributed by atoms with Gasteiger partial charge in [0, 0.05) is 6.42 Å². The van der Waals surface area contributed by atoms with Crippen LogP contribution in [-0.2, 0) is 9.53 Å². The van der Waals surface area contributed by atoms with Crippen molar-refractivity contribution in [2.45, 2.75) is 136 Å². The van der Waals surface area contributed by atoms with E-state index in [1.165, 1.54) is 76.2 Å². The second-order valence-corrected chi connectivity index (χ2v) is 12.8. The largest absolute Gasteiger partial charge is 0.462 e. The number of halogens is 3. The number of ether oxygens (including phenoxy) is 1. The van der Waals surface area contributed by atoms with Crippen LogP contribution in [0.4, 0.5) is 13.2 Å². The third kappa shape index (κ3) is 5.79. The highest BCUT2D eigenvalue weighted by Gasteiger charge is 2.58. The Morgan fingerprint density at radius 3 is 2.49 bits per heavy atom. The summed E-state index contributed by atoms with van der Waals surface area (Å²) in [5.74, 6) is 1.96. The topological polar surface area (TPSA) is 26.3 Å². The summed E-state index contributed by atoms with van der Waals surface area (Å²) in [6.45, 7) is 7.27. The molecule has 0 bridgehead atoms. The maximum Gasteiger partial charge on any atom is 0.399 e. The first-order valence-electron chi connectivity index (χ1n) is 14.5. The van der Waals surface area contributed by atoms with Crippen LogP contribution in [0.2, 0.25) is 0 Å². The molecule has 0 aliphatic heterocycles. The first-order valence-corrected chi connectivity index (χ1v) is 14.5. The van der Waals surface area contributed by atoms with Crippen molar-refractivity contribution in [2.24, 2.45) is 34.5 Å². The fraction of sp³-hybridized carbons (Fsp3) is 0.900. The maximum atomic E-state index is 12.6. The number of fused-ring (bicyclic) bond motifs is 5. The molecule has 0 aromatic rings. The summed E-state index contributed by atoms with van der Waals surface area (Å²) in [6.07, 6.45) is 14.4. The maximum absolute atomic E-state index is 12.6. The standard InChI is InChI=1S/C30H47F3O2/c1-4-5-6-7-8-9-10-21-12-14-25-24-13-11-22-19-23(35-27(34)20-30(31,32)33)15-17-29(22,3)26(24)16-18-28(21,25)2/h11,21,23-26H,4-10,12-20H2,1-3H3/t21-,23-,24+,25+,26+,28+,29-/m0/s1. The molecule has 7 atom stereocenters. The lowest BCUT2D eigenvalue weighted by atomic mass is 9.47. The predicted octanol–water partition coefficient (Wildman–Crippen LogP) is 9.18. The van der Waals surface area contributed by atoms with E-state index in [-0.39, 0.29) is 5.41 Å². The monoisotopic (exact) mass is 496 g/mol. The molecule has 3 saturated carbocycles. The lowest BCUT2D eigenvalue weighted by Crippen LogP contribution is -2.50. The molecular weight excluding hydrogens is 449 g/mol. The van der Waals surface area contributed by atoms with Crippen molar-refractivity contribution in [3.8, 4) is 0 Å². The van der Waals surface area contributed by atoms with Gasteiger partial charge in [0.05, 0.1) is 0 Å². The van der Waals surface area contributed by atoms with Gasteiger partial charge in [-0.3, -0.25) is 4.79 Å². The minimum atomic E-state index is -4.50. The molecule has 35 heavy (non-hydrogen) atoms. The van der Waals surface area contributed by atoms with E-state index in [4.69, 9.17) is 4.74 Å². The Hall–Kier alpha value is -1.00. The van der Waals surface area contributed by atoms with Crippen LogP contribution in [0.25, 0.3) is 0 Å². The summed E-state index contributed by atoms with van der Waals surface area (Å²) in [5.41, 5.74) is 1.95. The zero-order chi connectivity index (χ0) is 25.3. The van der Waals surface area contributed by atoms with Gasteiger partial charge < -0.3 is 4.74 Å². The molecule has 0 saturated heterocycles. The van der Waals surface area contributed by atoms with E-state index in [9.17, 15) is 18.0 Å². The average molecular weight is 497 g/mol. The molecule has 0 spiro atoms. The Kier molecular flexibility index (Phi) is 8.33. The van der Waals surface area contributed by atoms with Gasteiger partial charge in [0.15, 0.2) is 0 Å². The molecule has 0 aromatic heterocycles. The van der Waals surface area contributed by atoms with Crippen molar-refractivity contribution in [1.29, 1.82) is 0 Å². The van der Waals surface area contributed by atoms with Gasteiger partial charge in [0.2, 0.25) is 0 Å². The third-order valence-corrected chi connectivity index (χ3v) is 10.8. The summed E-state index contributed by atoms with van der Waals surface area (Å²) in [7, 11) is 0. The van der Waals surface area contributed by atoms with E-state index in [1.807, 2.05) is 0 Å². The Morgan fingerprint density at radius 2 is 1.74 bits per heavy atom. The van der Waals surface area contributed by atoms with Crippen LogP contribution >= 0.6 is 0 Å². The van der Waals surface area contributed by atoms with Gasteiger partial charge >= 0.3 is 12.1 Å². The molecule has 0 heterocycles. The van der Waals surface area contributed by atoms with Crippen LogP contribution in [0, 0.1) is 34.5 Å². The Morgan fingerprint density at radius 1 is 1.00 bits per heavy atom. The summed E-state index contributed by atoms with van der Waals surface area (Å²) >= 11 is 0. The van der Waals surface area contributed by atoms with Crippen molar-refractivity contribution < 1.29 is 22.7 Å². The van der Waals surface area contributed by atoms with Crippen LogP contribution in [0.1, 0.15) is 124 Å². The molecule has 0 N–H and O–H groups in total. The Bertz CT molecular complexity index is 774. The molecule has 3 fully saturated rings. The van der Waals surface area contributed by atoms with E-state index in [0.717, 1.165) is 30.6 Å². The summed E-state index contributed by atoms with van der Waals surface area (Å²) in [4.78, 5) is 11.8. The molecule has 4 aliphatic carbocycles. The van der Waals surface area contributed by atoms with Gasteiger partial charge in [-0.15, -0.1) is 0 Å². The zero-order valence-electron chi connectivity index (χ0n) is 22.2. The highest BCUT2D eigenvalue weighted by atomic mass is 19.4. The second kappa shape index (κ2) is 10.8. The Labute approximate surface area is 210 Å². The zero-order valence-corrected chi connectivity index (χ0v) is 22.2. The number of hydrogen-bond acceptors (Lipinski definition) is 2. The third-order valence-electron chi connectivity index (χ3n) is 10.8. The molecule has 4 rings (SSSR count). The van der Waals surface area contributed by atoms with Gasteiger partial charge in [-0.25, -0.2) is 0 Å². The number of unbranched alkanes of at least 4 members (excludes halogenated alkanes) is 5. The van der Waals surface area contributed by atoms with Gasteiger partial charge in [0.1, 0.15) is 12.5 Å². The molecule has 0 unspecified atom stereocenters. The van der Waals surface area contributed by atoms with Gasteiger partial charge in [-0.1, -0.05) is 70.9 Å². The molecule has 4 aliphatic rings. The van der Waals surface area contributed by atoms with Crippen LogP contribution in [0.15, 0.2) is 11.6 Å². The van der Waals surface area contributed by atoms with Crippen molar-refractivity contribution in [1.82, 2.24) is 0 Å². The average Bonchev–Trinajstić information content (AvgIpc) is 3.11. The van der Waals surface area contributed by atoms with Crippen LogP contribution < -0.4 is 0 Å². The second-order valence-electron chi connectivity index (χ2n) is 12.8. The normalized spacial score (nSPS) is 38.8. The smallest absolute Gasteiger partial charge is 0.399 e. The number of esters is 1. The number of carbonyl (C=O) groups excluding carboxylic acids is 1. The lowest BCUT2D eigenvalue weighted by molar-refractivity contribution is -0.176. The summed E-state index contributed by atoms with van der Waals surface area (Å²) in [5, 5.41) is 0. The number of hydrogen-bond donors (Lipinski definition) is 0. The highest BCUT2D eigenvalue weighted by Crippen LogP contribution is 2.66. The van der Waals surface area contributed by atoms with Gasteiger partial charge in [0.25, 0.3) is 0 Å². The summed E-state index contributed by atoms with van der Waals surface area (Å²) < 4.78 is 42.9. The number of alkyl halides is 3. The number of carbonyl (C=O) groups is 1. The van der Waals surface area contributed by atoms with E-state index in [1.54, 1.807) is 0 Å². The van der Waals surface area contributed by atoms with E-state index in [2.05, 4.69) is 26.8 Å². The van der Waals surface area contributed by atoms with Crippen molar-refractivity contribution >= 4 is 5.97 Å². The molecule has 5 heteroatoms. The first-order chi connectivity index (χ1) is 16.6. The molecule has 2 nitrogen and oxygen atoms in total. The van der Waals surface area contributed by atoms with Crippen molar-refractivity contribution in [3.05, 3.63) is 11.6 Å². The molecule has 0 aromatic carbocycles. The van der Waals surface area contributed by atoms with Crippen LogP contribution in [0.3, 0.4) is 0 Å². The van der Waals surface area contributed by atoms with Crippen molar-refractivity contribution in [2.75, 3.05) is 0 Å². The molecule has 0 radical (unpaired) electrons. The fourth-order valence-corrected chi connectivity index (χ4v) is 8.87. The quantitative estimate of drug-likeness (QED) is 0.181. The van der Waals surface area contributed by atoms with E-state index in [0.29, 0.717) is 24.2 Å². The van der Waals surface area contributed by atoms with Gasteiger partial charge in [-0.2, -0.15) is 13.2 Å². The first kappa shape index (κ1) is 27.0. The van der Waals surface area contributed by atoms with E-state index >= 15 is 0 Å². The van der Waals surface area contributed by atoms with Crippen LogP contribution in [-0.4, -0.2) is 18.2 Å². The van der Waals surface area contributed by atoms with E-state index < -0.39 is 24.7 Å². The minimum Gasteiger partial charge on any atom is -0.462 e. The Balaban J connectivity index is 1.36. The van der Waals surface area contributed by atoms with Crippen LogP contribution in [0.5, 0.6) is 0 Å². The number of rotatable bonds is 9. The molecule has 200 valence electrons. The SMILES string of the molecule is CCCCCCCC[C@H]1CC[C@@H]2[C@H]3CC=C4C[C@@H](OC(=O)CC(F)(F)F)CC[C@]4(C)[C@@H]3CC[C@]12C. The number of allylic oxidation sites excluding steroid dienone is 1. The van der Waals surface area contributed by atoms with Crippen molar-refractivity contribution in [3.63, 3.8) is 0 Å². The summed E-state index contributed by atoms with van der Waals surface area (Å²) in [6, 6.07) is 0. The minimum absolute atomic E-state index is 0.120. The highest BCUT2D eigenvalue weighted by molar-refractivity contribution is 5.70. The molecule has 0 amide bonds. The lowest BCUT2D eigenvalue weighted by Gasteiger charge is -2.58.